The van der Waals surface area contributed by atoms with E-state index in [1.807, 2.05) is 0 Å². The van der Waals surface area contributed by atoms with E-state index in [4.69, 9.17) is 19.0 Å². The SMILES string of the molecule is O=C(O)c1ccc(C2OCCO2)o1. The van der Waals surface area contributed by atoms with Gasteiger partial charge in [0, 0.05) is 0 Å². The predicted molar refractivity (Wildman–Crippen MR) is 40.3 cm³/mol. The first-order valence-corrected chi connectivity index (χ1v) is 3.83. The van der Waals surface area contributed by atoms with Crippen LogP contribution in [0.2, 0.25) is 0 Å². The van der Waals surface area contributed by atoms with Crippen LogP contribution in [-0.4, -0.2) is 24.3 Å². The Hall–Kier alpha value is -1.33. The molecule has 0 unspecified atom stereocenters. The second kappa shape index (κ2) is 3.20. The van der Waals surface area contributed by atoms with Gasteiger partial charge in [0.05, 0.1) is 13.2 Å². The number of carboxylic acid groups (broad SMARTS) is 1. The van der Waals surface area contributed by atoms with Gasteiger partial charge in [-0.05, 0) is 12.1 Å². The van der Waals surface area contributed by atoms with Crippen molar-refractivity contribution in [2.45, 2.75) is 6.29 Å². The molecule has 0 bridgehead atoms. The molecule has 0 aromatic carbocycles. The van der Waals surface area contributed by atoms with Crippen LogP contribution in [0.25, 0.3) is 0 Å². The Morgan fingerprint density at radius 3 is 2.62 bits per heavy atom. The quantitative estimate of drug-likeness (QED) is 0.743. The number of carbonyl (C=O) groups is 1. The maximum Gasteiger partial charge on any atom is 0.371 e. The molecule has 0 aliphatic carbocycles. The minimum Gasteiger partial charge on any atom is -0.475 e. The molecule has 1 fully saturated rings. The zero-order valence-electron chi connectivity index (χ0n) is 6.73. The second-order valence-corrected chi connectivity index (χ2v) is 2.58. The van der Waals surface area contributed by atoms with Gasteiger partial charge in [-0.1, -0.05) is 0 Å². The van der Waals surface area contributed by atoms with Gasteiger partial charge < -0.3 is 19.0 Å². The Kier molecular flexibility index (Phi) is 2.03. The Labute approximate surface area is 73.9 Å². The lowest BCUT2D eigenvalue weighted by Crippen LogP contribution is -1.96. The maximum absolute atomic E-state index is 10.5. The van der Waals surface area contributed by atoms with Crippen LogP contribution in [0.5, 0.6) is 0 Å². The highest BCUT2D eigenvalue weighted by Gasteiger charge is 2.22. The van der Waals surface area contributed by atoms with Gasteiger partial charge in [0.1, 0.15) is 0 Å². The molecule has 0 amide bonds. The number of rotatable bonds is 2. The van der Waals surface area contributed by atoms with Crippen LogP contribution in [0.3, 0.4) is 0 Å². The molecule has 1 aliphatic heterocycles. The Morgan fingerprint density at radius 2 is 2.08 bits per heavy atom. The van der Waals surface area contributed by atoms with Gasteiger partial charge in [-0.15, -0.1) is 0 Å². The highest BCUT2D eigenvalue weighted by atomic mass is 16.7. The molecule has 0 radical (unpaired) electrons. The van der Waals surface area contributed by atoms with Crippen LogP contribution in [0.1, 0.15) is 22.6 Å². The maximum atomic E-state index is 10.5. The Bertz CT molecular complexity index is 310. The van der Waals surface area contributed by atoms with Gasteiger partial charge in [0.2, 0.25) is 12.1 Å². The van der Waals surface area contributed by atoms with E-state index in [0.717, 1.165) is 0 Å². The minimum atomic E-state index is -1.09. The van der Waals surface area contributed by atoms with Gasteiger partial charge in [-0.25, -0.2) is 4.79 Å². The summed E-state index contributed by atoms with van der Waals surface area (Å²) in [5.41, 5.74) is 0. The molecule has 5 heteroatoms. The molecule has 0 saturated carbocycles. The Morgan fingerprint density at radius 1 is 1.38 bits per heavy atom. The molecule has 70 valence electrons. The van der Waals surface area contributed by atoms with Crippen molar-refractivity contribution in [3.63, 3.8) is 0 Å². The third-order valence-electron chi connectivity index (χ3n) is 1.69. The summed E-state index contributed by atoms with van der Waals surface area (Å²) in [5.74, 6) is -0.798. The molecule has 2 heterocycles. The molecule has 1 aromatic rings. The summed E-state index contributed by atoms with van der Waals surface area (Å²) in [6.45, 7) is 1.02. The lowest BCUT2D eigenvalue weighted by molar-refractivity contribution is -0.0593. The first-order valence-electron chi connectivity index (χ1n) is 3.83. The number of ether oxygens (including phenoxy) is 2. The van der Waals surface area contributed by atoms with E-state index < -0.39 is 12.3 Å². The number of furan rings is 1. The van der Waals surface area contributed by atoms with Crippen LogP contribution in [-0.2, 0) is 9.47 Å². The van der Waals surface area contributed by atoms with Crippen molar-refractivity contribution in [2.24, 2.45) is 0 Å². The molecule has 1 saturated heterocycles. The fourth-order valence-corrected chi connectivity index (χ4v) is 1.12. The highest BCUT2D eigenvalue weighted by molar-refractivity contribution is 5.84. The van der Waals surface area contributed by atoms with Crippen LogP contribution in [0, 0.1) is 0 Å². The third kappa shape index (κ3) is 1.56. The number of aromatic carboxylic acids is 1. The van der Waals surface area contributed by atoms with Crippen molar-refractivity contribution in [1.82, 2.24) is 0 Å². The van der Waals surface area contributed by atoms with Gasteiger partial charge in [0.25, 0.3) is 0 Å². The highest BCUT2D eigenvalue weighted by Crippen LogP contribution is 2.24. The molecular formula is C8H8O5. The average molecular weight is 184 g/mol. The van der Waals surface area contributed by atoms with Crippen molar-refractivity contribution < 1.29 is 23.8 Å². The molecule has 0 atom stereocenters. The van der Waals surface area contributed by atoms with Gasteiger partial charge in [0.15, 0.2) is 5.76 Å². The first kappa shape index (κ1) is 8.28. The minimum absolute atomic E-state index is 0.103. The molecule has 1 aromatic heterocycles. The summed E-state index contributed by atoms with van der Waals surface area (Å²) >= 11 is 0. The van der Waals surface area contributed by atoms with Crippen molar-refractivity contribution in [1.29, 1.82) is 0 Å². The van der Waals surface area contributed by atoms with Gasteiger partial charge >= 0.3 is 5.97 Å². The van der Waals surface area contributed by atoms with E-state index in [-0.39, 0.29) is 5.76 Å². The fourth-order valence-electron chi connectivity index (χ4n) is 1.12. The molecule has 5 nitrogen and oxygen atoms in total. The molecule has 2 rings (SSSR count). The van der Waals surface area contributed by atoms with E-state index in [1.165, 1.54) is 6.07 Å². The topological polar surface area (TPSA) is 68.9 Å². The third-order valence-corrected chi connectivity index (χ3v) is 1.69. The van der Waals surface area contributed by atoms with Crippen molar-refractivity contribution in [2.75, 3.05) is 13.2 Å². The lowest BCUT2D eigenvalue weighted by atomic mass is 10.4. The number of hydrogen-bond donors (Lipinski definition) is 1. The largest absolute Gasteiger partial charge is 0.475 e. The van der Waals surface area contributed by atoms with Crippen LogP contribution in [0.4, 0.5) is 0 Å². The average Bonchev–Trinajstić information content (AvgIpc) is 2.75. The van der Waals surface area contributed by atoms with Crippen molar-refractivity contribution >= 4 is 5.97 Å². The zero-order valence-corrected chi connectivity index (χ0v) is 6.73. The smallest absolute Gasteiger partial charge is 0.371 e. The summed E-state index contributed by atoms with van der Waals surface area (Å²) < 4.78 is 15.2. The standard InChI is InChI=1S/C8H8O5/c9-7(10)5-1-2-6(13-5)8-11-3-4-12-8/h1-2,8H,3-4H2,(H,9,10). The van der Waals surface area contributed by atoms with E-state index in [9.17, 15) is 4.79 Å². The van der Waals surface area contributed by atoms with E-state index in [2.05, 4.69) is 0 Å². The summed E-state index contributed by atoms with van der Waals surface area (Å²) in [5, 5.41) is 8.57. The van der Waals surface area contributed by atoms with Gasteiger partial charge in [-0.3, -0.25) is 0 Å². The van der Waals surface area contributed by atoms with E-state index in [0.29, 0.717) is 19.0 Å². The number of hydrogen-bond acceptors (Lipinski definition) is 4. The van der Waals surface area contributed by atoms with Crippen LogP contribution in [0.15, 0.2) is 16.5 Å². The Balaban J connectivity index is 2.16. The van der Waals surface area contributed by atoms with E-state index >= 15 is 0 Å². The van der Waals surface area contributed by atoms with Crippen molar-refractivity contribution in [3.8, 4) is 0 Å². The number of carboxylic acids is 1. The molecule has 1 N–H and O–H groups in total. The van der Waals surface area contributed by atoms with Crippen LogP contribution >= 0.6 is 0 Å². The second-order valence-electron chi connectivity index (χ2n) is 2.58. The zero-order chi connectivity index (χ0) is 9.26. The van der Waals surface area contributed by atoms with Crippen LogP contribution < -0.4 is 0 Å². The van der Waals surface area contributed by atoms with Crippen molar-refractivity contribution in [3.05, 3.63) is 23.7 Å². The molecule has 0 spiro atoms. The molecular weight excluding hydrogens is 176 g/mol. The fraction of sp³-hybridized carbons (Fsp3) is 0.375. The van der Waals surface area contributed by atoms with E-state index in [1.54, 1.807) is 6.07 Å². The summed E-state index contributed by atoms with van der Waals surface area (Å²) in [7, 11) is 0. The monoisotopic (exact) mass is 184 g/mol. The summed E-state index contributed by atoms with van der Waals surface area (Å²) in [6, 6.07) is 2.92. The van der Waals surface area contributed by atoms with Gasteiger partial charge in [-0.2, -0.15) is 0 Å². The molecule has 13 heavy (non-hydrogen) atoms. The molecule has 1 aliphatic rings. The first-order chi connectivity index (χ1) is 6.27. The summed E-state index contributed by atoms with van der Waals surface area (Å²) in [6.07, 6.45) is -0.548. The lowest BCUT2D eigenvalue weighted by Gasteiger charge is -2.03. The predicted octanol–water partition coefficient (Wildman–Crippen LogP) is 1.02. The normalized spacial score (nSPS) is 17.8. The summed E-state index contributed by atoms with van der Waals surface area (Å²) in [4.78, 5) is 10.5.